The van der Waals surface area contributed by atoms with Crippen LogP contribution in [0.1, 0.15) is 40.0 Å². The molecule has 3 aromatic carbocycles. The molecule has 38 heavy (non-hydrogen) atoms. The number of thiocarbonyl (C=S) groups is 1. The molecule has 0 aliphatic carbocycles. The van der Waals surface area contributed by atoms with Gasteiger partial charge in [-0.2, -0.15) is 0 Å². The van der Waals surface area contributed by atoms with Crippen molar-refractivity contribution in [2.24, 2.45) is 0 Å². The third kappa shape index (κ3) is 6.12. The molecule has 0 aromatic heterocycles. The summed E-state index contributed by atoms with van der Waals surface area (Å²) in [7, 11) is 1.50. The number of carbonyl (C=O) groups excluding carboxylic acids is 2. The fourth-order valence-electron chi connectivity index (χ4n) is 4.14. The standard InChI is InChI=1S/C29H26N2O5S2/c1-19(22-11-7-4-8-12-22)30(17-20-9-5-3-6-10-20)27(34)23-15-21(13-14-24(23)36-2)16-25-28(35)31(18-26(32)33)29(37)38-25/h3-16,19H,17-18H2,1-2H3,(H,32,33)/t19-/m0/s1. The van der Waals surface area contributed by atoms with E-state index in [-0.39, 0.29) is 16.3 Å². The lowest BCUT2D eigenvalue weighted by Gasteiger charge is -2.30. The largest absolute Gasteiger partial charge is 0.496 e. The Kier molecular flexibility index (Phi) is 8.60. The molecule has 1 N–H and O–H groups in total. The first-order chi connectivity index (χ1) is 18.3. The van der Waals surface area contributed by atoms with Gasteiger partial charge in [0.05, 0.1) is 23.6 Å². The van der Waals surface area contributed by atoms with Gasteiger partial charge in [-0.15, -0.1) is 0 Å². The van der Waals surface area contributed by atoms with Crippen molar-refractivity contribution in [2.45, 2.75) is 19.5 Å². The minimum Gasteiger partial charge on any atom is -0.496 e. The number of hydrogen-bond acceptors (Lipinski definition) is 6. The lowest BCUT2D eigenvalue weighted by atomic mass is 10.0. The van der Waals surface area contributed by atoms with Crippen molar-refractivity contribution in [1.82, 2.24) is 9.80 Å². The second kappa shape index (κ2) is 12.1. The first-order valence-electron chi connectivity index (χ1n) is 11.8. The Morgan fingerprint density at radius 2 is 1.74 bits per heavy atom. The fraction of sp³-hybridized carbons (Fsp3) is 0.172. The Bertz CT molecular complexity index is 1390. The Morgan fingerprint density at radius 1 is 1.08 bits per heavy atom. The zero-order valence-electron chi connectivity index (χ0n) is 20.9. The Balaban J connectivity index is 1.70. The van der Waals surface area contributed by atoms with Gasteiger partial charge in [-0.3, -0.25) is 19.3 Å². The van der Waals surface area contributed by atoms with E-state index in [4.69, 9.17) is 22.1 Å². The van der Waals surface area contributed by atoms with Crippen molar-refractivity contribution in [3.63, 3.8) is 0 Å². The maximum atomic E-state index is 14.1. The fourth-order valence-corrected chi connectivity index (χ4v) is 5.39. The number of carbonyl (C=O) groups is 3. The molecular weight excluding hydrogens is 520 g/mol. The summed E-state index contributed by atoms with van der Waals surface area (Å²) in [6.07, 6.45) is 1.61. The SMILES string of the molecule is COc1ccc(C=C2SC(=S)N(CC(=O)O)C2=O)cc1C(=O)N(Cc1ccccc1)[C@@H](C)c1ccccc1. The molecule has 0 saturated carbocycles. The van der Waals surface area contributed by atoms with E-state index in [1.165, 1.54) is 7.11 Å². The number of thioether (sulfide) groups is 1. The van der Waals surface area contributed by atoms with Gasteiger partial charge in [-0.25, -0.2) is 0 Å². The topological polar surface area (TPSA) is 87.1 Å². The van der Waals surface area contributed by atoms with Crippen LogP contribution in [-0.4, -0.2) is 50.7 Å². The van der Waals surface area contributed by atoms with Crippen LogP contribution in [0.15, 0.2) is 83.8 Å². The normalized spacial score (nSPS) is 15.0. The Morgan fingerprint density at radius 3 is 2.37 bits per heavy atom. The highest BCUT2D eigenvalue weighted by atomic mass is 32.2. The number of aliphatic carboxylic acids is 1. The summed E-state index contributed by atoms with van der Waals surface area (Å²) < 4.78 is 5.72. The monoisotopic (exact) mass is 546 g/mol. The number of carboxylic acids is 1. The number of methoxy groups -OCH3 is 1. The summed E-state index contributed by atoms with van der Waals surface area (Å²) >= 11 is 6.22. The average molecular weight is 547 g/mol. The quantitative estimate of drug-likeness (QED) is 0.285. The van der Waals surface area contributed by atoms with E-state index in [1.807, 2.05) is 67.6 Å². The molecule has 0 radical (unpaired) electrons. The molecule has 1 aliphatic heterocycles. The second-order valence-electron chi connectivity index (χ2n) is 8.63. The van der Waals surface area contributed by atoms with Crippen molar-refractivity contribution in [3.05, 3.63) is 106 Å². The first-order valence-corrected chi connectivity index (χ1v) is 13.1. The van der Waals surface area contributed by atoms with Crippen molar-refractivity contribution >= 4 is 52.2 Å². The third-order valence-electron chi connectivity index (χ3n) is 6.12. The number of rotatable bonds is 9. The summed E-state index contributed by atoms with van der Waals surface area (Å²) in [5.41, 5.74) is 2.92. The lowest BCUT2D eigenvalue weighted by Crippen LogP contribution is -2.33. The minimum atomic E-state index is -1.15. The minimum absolute atomic E-state index is 0.180. The van der Waals surface area contributed by atoms with Crippen LogP contribution < -0.4 is 4.74 Å². The summed E-state index contributed by atoms with van der Waals surface area (Å²) in [5.74, 6) is -1.44. The number of benzene rings is 3. The van der Waals surface area contributed by atoms with Crippen molar-refractivity contribution < 1.29 is 24.2 Å². The van der Waals surface area contributed by atoms with E-state index in [9.17, 15) is 14.4 Å². The molecule has 7 nitrogen and oxygen atoms in total. The van der Waals surface area contributed by atoms with Crippen LogP contribution in [0, 0.1) is 0 Å². The summed E-state index contributed by atoms with van der Waals surface area (Å²) in [6.45, 7) is 1.87. The molecule has 4 rings (SSSR count). The molecule has 1 fully saturated rings. The molecular formula is C29H26N2O5S2. The van der Waals surface area contributed by atoms with Crippen LogP contribution in [0.3, 0.4) is 0 Å². The van der Waals surface area contributed by atoms with Gasteiger partial charge in [0.25, 0.3) is 11.8 Å². The molecule has 0 spiro atoms. The Hall–Kier alpha value is -3.95. The van der Waals surface area contributed by atoms with E-state index in [2.05, 4.69) is 0 Å². The second-order valence-corrected chi connectivity index (χ2v) is 10.3. The van der Waals surface area contributed by atoms with Crippen LogP contribution in [0.5, 0.6) is 5.75 Å². The molecule has 9 heteroatoms. The molecule has 1 atom stereocenters. The van der Waals surface area contributed by atoms with Gasteiger partial charge in [0.2, 0.25) is 0 Å². The van der Waals surface area contributed by atoms with Gasteiger partial charge in [0.1, 0.15) is 16.6 Å². The lowest BCUT2D eigenvalue weighted by molar-refractivity contribution is -0.140. The van der Waals surface area contributed by atoms with E-state index in [0.717, 1.165) is 27.8 Å². The third-order valence-corrected chi connectivity index (χ3v) is 7.50. The molecule has 1 aliphatic rings. The van der Waals surface area contributed by atoms with E-state index in [1.54, 1.807) is 29.2 Å². The number of carboxylic acid groups (broad SMARTS) is 1. The maximum Gasteiger partial charge on any atom is 0.323 e. The maximum absolute atomic E-state index is 14.1. The molecule has 0 unspecified atom stereocenters. The van der Waals surface area contributed by atoms with Crippen LogP contribution in [0.25, 0.3) is 6.08 Å². The van der Waals surface area contributed by atoms with Gasteiger partial charge in [-0.05, 0) is 41.8 Å². The summed E-state index contributed by atoms with van der Waals surface area (Å²) in [6, 6.07) is 24.4. The van der Waals surface area contributed by atoms with Crippen molar-refractivity contribution in [1.29, 1.82) is 0 Å². The molecule has 2 amide bonds. The molecule has 194 valence electrons. The van der Waals surface area contributed by atoms with Crippen molar-refractivity contribution in [3.8, 4) is 5.75 Å². The number of ether oxygens (including phenoxy) is 1. The first kappa shape index (κ1) is 27.1. The zero-order chi connectivity index (χ0) is 27.2. The van der Waals surface area contributed by atoms with Crippen LogP contribution in [0.4, 0.5) is 0 Å². The number of hydrogen-bond donors (Lipinski definition) is 1. The van der Waals surface area contributed by atoms with Crippen molar-refractivity contribution in [2.75, 3.05) is 13.7 Å². The van der Waals surface area contributed by atoms with Crippen LogP contribution in [-0.2, 0) is 16.1 Å². The predicted octanol–water partition coefficient (Wildman–Crippen LogP) is 5.38. The molecule has 1 saturated heterocycles. The van der Waals surface area contributed by atoms with Gasteiger partial charge in [0.15, 0.2) is 0 Å². The average Bonchev–Trinajstić information content (AvgIpc) is 3.18. The molecule has 0 bridgehead atoms. The van der Waals surface area contributed by atoms with E-state index >= 15 is 0 Å². The van der Waals surface area contributed by atoms with Crippen LogP contribution in [0.2, 0.25) is 0 Å². The molecule has 3 aromatic rings. The highest BCUT2D eigenvalue weighted by molar-refractivity contribution is 8.26. The van der Waals surface area contributed by atoms with E-state index < -0.39 is 18.4 Å². The highest BCUT2D eigenvalue weighted by Gasteiger charge is 2.33. The highest BCUT2D eigenvalue weighted by Crippen LogP contribution is 2.34. The number of nitrogens with zero attached hydrogens (tertiary/aromatic N) is 2. The van der Waals surface area contributed by atoms with E-state index in [0.29, 0.717) is 28.3 Å². The van der Waals surface area contributed by atoms with Gasteiger partial charge < -0.3 is 14.7 Å². The Labute approximate surface area is 230 Å². The molecule has 1 heterocycles. The smallest absolute Gasteiger partial charge is 0.323 e. The van der Waals surface area contributed by atoms with Crippen LogP contribution >= 0.6 is 24.0 Å². The van der Waals surface area contributed by atoms with Gasteiger partial charge in [-0.1, -0.05) is 90.7 Å². The number of amides is 2. The summed E-state index contributed by atoms with van der Waals surface area (Å²) in [4.78, 5) is 41.1. The van der Waals surface area contributed by atoms with Gasteiger partial charge in [0, 0.05) is 6.54 Å². The summed E-state index contributed by atoms with van der Waals surface area (Å²) in [5, 5.41) is 9.09. The zero-order valence-corrected chi connectivity index (χ0v) is 22.5. The van der Waals surface area contributed by atoms with Gasteiger partial charge >= 0.3 is 5.97 Å². The predicted molar refractivity (Wildman–Crippen MR) is 152 cm³/mol.